The molecule has 0 N–H and O–H groups in total. The van der Waals surface area contributed by atoms with Crippen molar-refractivity contribution in [1.82, 2.24) is 4.31 Å². The molecular formula is C24H24N2O7S. The average molecular weight is 485 g/mol. The Morgan fingerprint density at radius 2 is 1.44 bits per heavy atom. The van der Waals surface area contributed by atoms with Crippen LogP contribution in [0.2, 0.25) is 0 Å². The summed E-state index contributed by atoms with van der Waals surface area (Å²) in [6.45, 7) is 2.05. The van der Waals surface area contributed by atoms with Crippen molar-refractivity contribution < 1.29 is 27.6 Å². The third kappa shape index (κ3) is 5.97. The normalized spacial score (nSPS) is 11.3. The summed E-state index contributed by atoms with van der Waals surface area (Å²) in [5.41, 5.74) is 1.56. The van der Waals surface area contributed by atoms with E-state index in [4.69, 9.17) is 9.47 Å². The number of nitro benzene ring substituents is 1. The van der Waals surface area contributed by atoms with Crippen molar-refractivity contribution in [2.75, 3.05) is 13.7 Å². The van der Waals surface area contributed by atoms with Gasteiger partial charge in [-0.1, -0.05) is 24.3 Å². The van der Waals surface area contributed by atoms with Crippen LogP contribution in [0.3, 0.4) is 0 Å². The molecule has 0 fully saturated rings. The van der Waals surface area contributed by atoms with E-state index in [-0.39, 0.29) is 30.3 Å². The standard InChI is InChI=1S/C24H24N2O7S/c1-3-33-24(27)20-8-4-18(5-9-20)16-25(17-19-6-12-22(32-2)13-7-19)34(30,31)23-14-10-21(11-15-23)26(28)29/h4-15H,3,16-17H2,1-2H3. The molecule has 0 saturated carbocycles. The number of ether oxygens (including phenoxy) is 2. The third-order valence-electron chi connectivity index (χ3n) is 5.03. The zero-order chi connectivity index (χ0) is 24.7. The largest absolute Gasteiger partial charge is 0.497 e. The predicted octanol–water partition coefficient (Wildman–Crippen LogP) is 4.17. The van der Waals surface area contributed by atoms with E-state index in [1.807, 2.05) is 0 Å². The number of carbonyl (C=O) groups is 1. The smallest absolute Gasteiger partial charge is 0.338 e. The van der Waals surface area contributed by atoms with Gasteiger partial charge in [0.05, 0.1) is 29.1 Å². The molecule has 34 heavy (non-hydrogen) atoms. The molecule has 0 spiro atoms. The number of methoxy groups -OCH3 is 1. The molecule has 9 nitrogen and oxygen atoms in total. The predicted molar refractivity (Wildman–Crippen MR) is 125 cm³/mol. The number of sulfonamides is 1. The van der Waals surface area contributed by atoms with E-state index in [9.17, 15) is 23.3 Å². The summed E-state index contributed by atoms with van der Waals surface area (Å²) < 4.78 is 38.3. The van der Waals surface area contributed by atoms with Crippen LogP contribution in [0.15, 0.2) is 77.7 Å². The quantitative estimate of drug-likeness (QED) is 0.241. The summed E-state index contributed by atoms with van der Waals surface area (Å²) >= 11 is 0. The van der Waals surface area contributed by atoms with Crippen molar-refractivity contribution in [3.05, 3.63) is 99.6 Å². The first-order valence-electron chi connectivity index (χ1n) is 10.4. The Balaban J connectivity index is 1.92. The highest BCUT2D eigenvalue weighted by Crippen LogP contribution is 2.24. The molecule has 3 aromatic rings. The Bertz CT molecular complexity index is 1240. The summed E-state index contributed by atoms with van der Waals surface area (Å²) in [5.74, 6) is 0.186. The lowest BCUT2D eigenvalue weighted by atomic mass is 10.1. The Morgan fingerprint density at radius 3 is 1.91 bits per heavy atom. The topological polar surface area (TPSA) is 116 Å². The lowest BCUT2D eigenvalue weighted by Gasteiger charge is -2.23. The van der Waals surface area contributed by atoms with Crippen LogP contribution < -0.4 is 4.74 Å². The van der Waals surface area contributed by atoms with Gasteiger partial charge in [0.1, 0.15) is 5.75 Å². The van der Waals surface area contributed by atoms with Gasteiger partial charge < -0.3 is 9.47 Å². The van der Waals surface area contributed by atoms with Crippen LogP contribution in [0, 0.1) is 10.1 Å². The number of esters is 1. The maximum Gasteiger partial charge on any atom is 0.338 e. The number of hydrogen-bond donors (Lipinski definition) is 0. The lowest BCUT2D eigenvalue weighted by Crippen LogP contribution is -2.30. The zero-order valence-electron chi connectivity index (χ0n) is 18.7. The number of nitrogens with zero attached hydrogens (tertiary/aromatic N) is 2. The Kier molecular flexibility index (Phi) is 7.98. The number of non-ortho nitro benzene ring substituents is 1. The van der Waals surface area contributed by atoms with E-state index in [0.29, 0.717) is 16.9 Å². The SMILES string of the molecule is CCOC(=O)c1ccc(CN(Cc2ccc(OC)cc2)S(=O)(=O)c2ccc([N+](=O)[O-])cc2)cc1. The van der Waals surface area contributed by atoms with E-state index < -0.39 is 20.9 Å². The van der Waals surface area contributed by atoms with Gasteiger partial charge in [-0.05, 0) is 54.4 Å². The van der Waals surface area contributed by atoms with Crippen molar-refractivity contribution in [3.8, 4) is 5.75 Å². The molecule has 0 aromatic heterocycles. The van der Waals surface area contributed by atoms with E-state index >= 15 is 0 Å². The van der Waals surface area contributed by atoms with Crippen LogP contribution in [0.5, 0.6) is 5.75 Å². The van der Waals surface area contributed by atoms with Crippen molar-refractivity contribution >= 4 is 21.7 Å². The Morgan fingerprint density at radius 1 is 0.912 bits per heavy atom. The van der Waals surface area contributed by atoms with Gasteiger partial charge in [-0.15, -0.1) is 0 Å². The second kappa shape index (κ2) is 10.9. The van der Waals surface area contributed by atoms with Gasteiger partial charge in [0, 0.05) is 25.2 Å². The van der Waals surface area contributed by atoms with Gasteiger partial charge in [-0.2, -0.15) is 4.31 Å². The van der Waals surface area contributed by atoms with Gasteiger partial charge in [0.25, 0.3) is 5.69 Å². The van der Waals surface area contributed by atoms with Gasteiger partial charge >= 0.3 is 5.97 Å². The molecule has 178 valence electrons. The van der Waals surface area contributed by atoms with Crippen LogP contribution in [0.25, 0.3) is 0 Å². The molecule has 3 aromatic carbocycles. The van der Waals surface area contributed by atoms with Gasteiger partial charge in [0.15, 0.2) is 0 Å². The molecule has 0 unspecified atom stereocenters. The molecule has 0 heterocycles. The first-order chi connectivity index (χ1) is 16.2. The molecule has 0 atom stereocenters. The minimum absolute atomic E-state index is 0.0223. The number of hydrogen-bond acceptors (Lipinski definition) is 7. The van der Waals surface area contributed by atoms with Crippen LogP contribution in [0.1, 0.15) is 28.4 Å². The number of carbonyl (C=O) groups excluding carboxylic acids is 1. The number of benzene rings is 3. The maximum absolute atomic E-state index is 13.5. The van der Waals surface area contributed by atoms with E-state index in [1.54, 1.807) is 62.6 Å². The second-order valence-corrected chi connectivity index (χ2v) is 9.23. The molecule has 0 aliphatic carbocycles. The molecule has 0 aliphatic heterocycles. The van der Waals surface area contributed by atoms with Gasteiger partial charge in [0.2, 0.25) is 10.0 Å². The highest BCUT2D eigenvalue weighted by molar-refractivity contribution is 7.89. The average Bonchev–Trinajstić information content (AvgIpc) is 2.84. The van der Waals surface area contributed by atoms with E-state index in [1.165, 1.54) is 16.4 Å². The minimum atomic E-state index is -4.00. The number of nitro groups is 1. The fourth-order valence-corrected chi connectivity index (χ4v) is 4.63. The van der Waals surface area contributed by atoms with Crippen molar-refractivity contribution in [2.45, 2.75) is 24.9 Å². The zero-order valence-corrected chi connectivity index (χ0v) is 19.5. The fraction of sp³-hybridized carbons (Fsp3) is 0.208. The van der Waals surface area contributed by atoms with Crippen molar-refractivity contribution in [3.63, 3.8) is 0 Å². The Labute approximate surface area is 197 Å². The molecule has 0 aliphatic rings. The molecule has 0 bridgehead atoms. The molecule has 3 rings (SSSR count). The molecule has 0 saturated heterocycles. The second-order valence-electron chi connectivity index (χ2n) is 7.29. The first-order valence-corrected chi connectivity index (χ1v) is 11.8. The summed E-state index contributed by atoms with van der Waals surface area (Å²) in [7, 11) is -2.46. The summed E-state index contributed by atoms with van der Waals surface area (Å²) in [6.07, 6.45) is 0. The van der Waals surface area contributed by atoms with Crippen LogP contribution in [0.4, 0.5) is 5.69 Å². The van der Waals surface area contributed by atoms with Crippen LogP contribution in [-0.2, 0) is 27.8 Å². The van der Waals surface area contributed by atoms with E-state index in [2.05, 4.69) is 0 Å². The van der Waals surface area contributed by atoms with Crippen molar-refractivity contribution in [2.24, 2.45) is 0 Å². The minimum Gasteiger partial charge on any atom is -0.497 e. The highest BCUT2D eigenvalue weighted by Gasteiger charge is 2.26. The van der Waals surface area contributed by atoms with Gasteiger partial charge in [-0.25, -0.2) is 13.2 Å². The lowest BCUT2D eigenvalue weighted by molar-refractivity contribution is -0.384. The van der Waals surface area contributed by atoms with Crippen LogP contribution in [-0.4, -0.2) is 37.3 Å². The van der Waals surface area contributed by atoms with E-state index in [0.717, 1.165) is 17.7 Å². The number of rotatable bonds is 10. The monoisotopic (exact) mass is 484 g/mol. The third-order valence-corrected chi connectivity index (χ3v) is 6.83. The summed E-state index contributed by atoms with van der Waals surface area (Å²) in [5, 5.41) is 10.9. The molecular weight excluding hydrogens is 460 g/mol. The first kappa shape index (κ1) is 24.9. The Hall–Kier alpha value is -3.76. The summed E-state index contributed by atoms with van der Waals surface area (Å²) in [6, 6.07) is 18.3. The molecule has 0 amide bonds. The fourth-order valence-electron chi connectivity index (χ4n) is 3.21. The van der Waals surface area contributed by atoms with Gasteiger partial charge in [-0.3, -0.25) is 10.1 Å². The maximum atomic E-state index is 13.5. The highest BCUT2D eigenvalue weighted by atomic mass is 32.2. The molecule has 0 radical (unpaired) electrons. The molecule has 10 heteroatoms. The summed E-state index contributed by atoms with van der Waals surface area (Å²) in [4.78, 5) is 22.2. The van der Waals surface area contributed by atoms with Crippen LogP contribution >= 0.6 is 0 Å². The van der Waals surface area contributed by atoms with Crippen molar-refractivity contribution in [1.29, 1.82) is 0 Å².